The molecule has 0 unspecified atom stereocenters. The highest BCUT2D eigenvalue weighted by Gasteiger charge is 2.09. The van der Waals surface area contributed by atoms with Crippen LogP contribution in [0.5, 0.6) is 5.75 Å². The topological polar surface area (TPSA) is 38.8 Å². The number of piperidine rings is 1. The molecule has 1 saturated heterocycles. The van der Waals surface area contributed by atoms with Crippen LogP contribution >= 0.6 is 0 Å². The van der Waals surface area contributed by atoms with Crippen molar-refractivity contribution in [3.05, 3.63) is 29.8 Å². The fourth-order valence-electron chi connectivity index (χ4n) is 2.56. The molecule has 0 aliphatic carbocycles. The first kappa shape index (κ1) is 15.8. The molecule has 1 fully saturated rings. The first-order valence-electron chi connectivity index (χ1n) is 7.92. The van der Waals surface area contributed by atoms with Gasteiger partial charge in [0.15, 0.2) is 0 Å². The quantitative estimate of drug-likeness (QED) is 0.571. The molecule has 1 aliphatic rings. The Bertz CT molecular complexity index is 424. The molecule has 4 nitrogen and oxygen atoms in total. The largest absolute Gasteiger partial charge is 0.494 e. The minimum Gasteiger partial charge on any atom is -0.494 e. The number of carbonyl (C=O) groups excluding carboxylic acids is 1. The van der Waals surface area contributed by atoms with Gasteiger partial charge in [0.1, 0.15) is 5.75 Å². The van der Waals surface area contributed by atoms with Crippen LogP contribution < -0.4 is 4.74 Å². The van der Waals surface area contributed by atoms with E-state index in [0.717, 1.165) is 25.3 Å². The third-order valence-electron chi connectivity index (χ3n) is 3.70. The van der Waals surface area contributed by atoms with Crippen molar-refractivity contribution in [2.45, 2.75) is 32.6 Å². The van der Waals surface area contributed by atoms with Crippen molar-refractivity contribution < 1.29 is 14.3 Å². The van der Waals surface area contributed by atoms with Crippen LogP contribution in [0.2, 0.25) is 0 Å². The molecule has 21 heavy (non-hydrogen) atoms. The lowest BCUT2D eigenvalue weighted by Crippen LogP contribution is -2.31. The van der Waals surface area contributed by atoms with Gasteiger partial charge in [-0.3, -0.25) is 0 Å². The number of nitrogens with zero attached hydrogens (tertiary/aromatic N) is 1. The Morgan fingerprint density at radius 2 is 1.86 bits per heavy atom. The zero-order chi connectivity index (χ0) is 14.9. The maximum Gasteiger partial charge on any atom is 0.338 e. The van der Waals surface area contributed by atoms with Gasteiger partial charge in [-0.25, -0.2) is 4.79 Å². The highest BCUT2D eigenvalue weighted by atomic mass is 16.5. The molecule has 4 heteroatoms. The average molecular weight is 291 g/mol. The third-order valence-corrected chi connectivity index (χ3v) is 3.70. The molecule has 0 aromatic heterocycles. The van der Waals surface area contributed by atoms with E-state index in [1.807, 2.05) is 12.1 Å². The second-order valence-electron chi connectivity index (χ2n) is 5.35. The van der Waals surface area contributed by atoms with Crippen LogP contribution in [0.4, 0.5) is 0 Å². The zero-order valence-electron chi connectivity index (χ0n) is 12.8. The van der Waals surface area contributed by atoms with Gasteiger partial charge in [-0.1, -0.05) is 6.42 Å². The van der Waals surface area contributed by atoms with Crippen LogP contribution in [0.3, 0.4) is 0 Å². The standard InChI is InChI=1S/C17H25NO3/c1-2-20-17(19)15-7-9-16(10-8-15)21-14-6-13-18-11-4-3-5-12-18/h7-10H,2-6,11-14H2,1H3. The van der Waals surface area contributed by atoms with Gasteiger partial charge in [0, 0.05) is 6.54 Å². The van der Waals surface area contributed by atoms with Crippen molar-refractivity contribution in [3.63, 3.8) is 0 Å². The minimum atomic E-state index is -0.283. The second kappa shape index (κ2) is 8.67. The van der Waals surface area contributed by atoms with Gasteiger partial charge in [0.2, 0.25) is 0 Å². The van der Waals surface area contributed by atoms with Crippen molar-refractivity contribution in [2.75, 3.05) is 32.8 Å². The summed E-state index contributed by atoms with van der Waals surface area (Å²) < 4.78 is 10.7. The van der Waals surface area contributed by atoms with Gasteiger partial charge in [0.25, 0.3) is 0 Å². The molecular weight excluding hydrogens is 266 g/mol. The van der Waals surface area contributed by atoms with Gasteiger partial charge < -0.3 is 14.4 Å². The summed E-state index contributed by atoms with van der Waals surface area (Å²) in [5.41, 5.74) is 0.567. The Kier molecular flexibility index (Phi) is 6.54. The van der Waals surface area contributed by atoms with E-state index in [9.17, 15) is 4.79 Å². The molecule has 0 radical (unpaired) electrons. The van der Waals surface area contributed by atoms with Crippen molar-refractivity contribution in [1.29, 1.82) is 0 Å². The number of likely N-dealkylation sites (tertiary alicyclic amines) is 1. The van der Waals surface area contributed by atoms with E-state index in [2.05, 4.69) is 4.90 Å². The van der Waals surface area contributed by atoms with Crippen LogP contribution in [0.1, 0.15) is 43.0 Å². The minimum absolute atomic E-state index is 0.283. The van der Waals surface area contributed by atoms with E-state index in [4.69, 9.17) is 9.47 Å². The number of hydrogen-bond acceptors (Lipinski definition) is 4. The van der Waals surface area contributed by atoms with Gasteiger partial charge in [-0.05, 0) is 63.5 Å². The maximum atomic E-state index is 11.5. The number of rotatable bonds is 7. The molecule has 0 saturated carbocycles. The molecule has 1 aliphatic heterocycles. The molecule has 1 heterocycles. The Labute approximate surface area is 127 Å². The van der Waals surface area contributed by atoms with Crippen LogP contribution in [0.15, 0.2) is 24.3 Å². The Morgan fingerprint density at radius 1 is 1.14 bits per heavy atom. The van der Waals surface area contributed by atoms with Crippen molar-refractivity contribution >= 4 is 5.97 Å². The van der Waals surface area contributed by atoms with Gasteiger partial charge in [-0.15, -0.1) is 0 Å². The molecule has 116 valence electrons. The van der Waals surface area contributed by atoms with Gasteiger partial charge in [0.05, 0.1) is 18.8 Å². The summed E-state index contributed by atoms with van der Waals surface area (Å²) in [5, 5.41) is 0. The first-order chi connectivity index (χ1) is 10.3. The van der Waals surface area contributed by atoms with Gasteiger partial charge >= 0.3 is 5.97 Å². The predicted molar refractivity (Wildman–Crippen MR) is 82.8 cm³/mol. The summed E-state index contributed by atoms with van der Waals surface area (Å²) in [6.45, 7) is 6.49. The Morgan fingerprint density at radius 3 is 2.52 bits per heavy atom. The first-order valence-corrected chi connectivity index (χ1v) is 7.92. The number of hydrogen-bond donors (Lipinski definition) is 0. The van der Waals surface area contributed by atoms with Crippen molar-refractivity contribution in [1.82, 2.24) is 4.90 Å². The smallest absolute Gasteiger partial charge is 0.338 e. The van der Waals surface area contributed by atoms with E-state index in [0.29, 0.717) is 12.2 Å². The zero-order valence-corrected chi connectivity index (χ0v) is 12.8. The van der Waals surface area contributed by atoms with Crippen LogP contribution in [0, 0.1) is 0 Å². The number of benzene rings is 1. The molecule has 0 spiro atoms. The maximum absolute atomic E-state index is 11.5. The summed E-state index contributed by atoms with van der Waals surface area (Å²) in [7, 11) is 0. The van der Waals surface area contributed by atoms with Crippen LogP contribution in [0.25, 0.3) is 0 Å². The number of ether oxygens (including phenoxy) is 2. The lowest BCUT2D eigenvalue weighted by Gasteiger charge is -2.26. The average Bonchev–Trinajstić information content (AvgIpc) is 2.53. The van der Waals surface area contributed by atoms with Crippen LogP contribution in [-0.4, -0.2) is 43.7 Å². The fourth-order valence-corrected chi connectivity index (χ4v) is 2.56. The summed E-state index contributed by atoms with van der Waals surface area (Å²) in [5.74, 6) is 0.524. The van der Waals surface area contributed by atoms with E-state index in [1.54, 1.807) is 19.1 Å². The molecule has 0 N–H and O–H groups in total. The van der Waals surface area contributed by atoms with E-state index in [1.165, 1.54) is 32.4 Å². The van der Waals surface area contributed by atoms with E-state index >= 15 is 0 Å². The molecule has 0 atom stereocenters. The number of carbonyl (C=O) groups is 1. The van der Waals surface area contributed by atoms with Crippen molar-refractivity contribution in [2.24, 2.45) is 0 Å². The Hall–Kier alpha value is -1.55. The molecule has 0 amide bonds. The van der Waals surface area contributed by atoms with Gasteiger partial charge in [-0.2, -0.15) is 0 Å². The summed E-state index contributed by atoms with van der Waals surface area (Å²) >= 11 is 0. The summed E-state index contributed by atoms with van der Waals surface area (Å²) in [4.78, 5) is 14.0. The molecule has 1 aromatic rings. The van der Waals surface area contributed by atoms with E-state index < -0.39 is 0 Å². The van der Waals surface area contributed by atoms with Crippen LogP contribution in [-0.2, 0) is 4.74 Å². The normalized spacial score (nSPS) is 15.7. The Balaban J connectivity index is 1.67. The lowest BCUT2D eigenvalue weighted by molar-refractivity contribution is 0.0526. The third kappa shape index (κ3) is 5.38. The molecule has 2 rings (SSSR count). The van der Waals surface area contributed by atoms with E-state index in [-0.39, 0.29) is 5.97 Å². The fraction of sp³-hybridized carbons (Fsp3) is 0.588. The highest BCUT2D eigenvalue weighted by Crippen LogP contribution is 2.14. The monoisotopic (exact) mass is 291 g/mol. The molecule has 0 bridgehead atoms. The lowest BCUT2D eigenvalue weighted by atomic mass is 10.1. The number of esters is 1. The molecular formula is C17H25NO3. The summed E-state index contributed by atoms with van der Waals surface area (Å²) in [6.07, 6.45) is 5.08. The second-order valence-corrected chi connectivity index (χ2v) is 5.35. The summed E-state index contributed by atoms with van der Waals surface area (Å²) in [6, 6.07) is 7.15. The predicted octanol–water partition coefficient (Wildman–Crippen LogP) is 3.12. The SMILES string of the molecule is CCOC(=O)c1ccc(OCCCN2CCCCC2)cc1. The molecule has 1 aromatic carbocycles. The highest BCUT2D eigenvalue weighted by molar-refractivity contribution is 5.89. The van der Waals surface area contributed by atoms with Crippen molar-refractivity contribution in [3.8, 4) is 5.75 Å².